The summed E-state index contributed by atoms with van der Waals surface area (Å²) in [6.07, 6.45) is 5.58. The molecule has 184 valence electrons. The summed E-state index contributed by atoms with van der Waals surface area (Å²) >= 11 is 0. The molecule has 1 atom stereocenters. The lowest BCUT2D eigenvalue weighted by atomic mass is 9.99. The van der Waals surface area contributed by atoms with Gasteiger partial charge in [0.15, 0.2) is 0 Å². The van der Waals surface area contributed by atoms with Gasteiger partial charge in [0.2, 0.25) is 5.88 Å². The van der Waals surface area contributed by atoms with Gasteiger partial charge in [-0.2, -0.15) is 5.10 Å². The molecule has 2 aliphatic heterocycles. The number of rotatable bonds is 5. The molecule has 9 heteroatoms. The zero-order valence-corrected chi connectivity index (χ0v) is 20.5. The Morgan fingerprint density at radius 3 is 2.94 bits per heavy atom. The van der Waals surface area contributed by atoms with E-state index in [1.54, 1.807) is 13.3 Å². The lowest BCUT2D eigenvalue weighted by Crippen LogP contribution is -2.52. The molecule has 0 bridgehead atoms. The maximum Gasteiger partial charge on any atom is 0.322 e. The van der Waals surface area contributed by atoms with Gasteiger partial charge < -0.3 is 15.0 Å². The van der Waals surface area contributed by atoms with Gasteiger partial charge in [0.1, 0.15) is 5.69 Å². The molecule has 2 N–H and O–H groups in total. The van der Waals surface area contributed by atoms with E-state index in [1.807, 2.05) is 42.3 Å². The fourth-order valence-electron chi connectivity index (χ4n) is 5.40. The highest BCUT2D eigenvalue weighted by Gasteiger charge is 2.33. The average molecular weight is 484 g/mol. The molecule has 1 saturated heterocycles. The molecule has 1 fully saturated rings. The monoisotopic (exact) mass is 483 g/mol. The number of aromatic nitrogens is 4. The topological polar surface area (TPSA) is 99.3 Å². The van der Waals surface area contributed by atoms with Crippen molar-refractivity contribution in [3.05, 3.63) is 65.6 Å². The highest BCUT2D eigenvalue weighted by atomic mass is 16.5. The van der Waals surface area contributed by atoms with Gasteiger partial charge in [-0.1, -0.05) is 6.07 Å². The van der Waals surface area contributed by atoms with Crippen molar-refractivity contribution in [2.75, 3.05) is 25.5 Å². The molecule has 0 spiro atoms. The van der Waals surface area contributed by atoms with Crippen LogP contribution in [0, 0.1) is 6.92 Å². The Kier molecular flexibility index (Phi) is 5.77. The first kappa shape index (κ1) is 22.5. The zero-order chi connectivity index (χ0) is 24.6. The number of nitrogens with zero attached hydrogens (tertiary/aromatic N) is 5. The number of hydrogen-bond acceptors (Lipinski definition) is 6. The zero-order valence-electron chi connectivity index (χ0n) is 20.5. The quantitative estimate of drug-likeness (QED) is 0.438. The molecule has 6 rings (SSSR count). The largest absolute Gasteiger partial charge is 0.481 e. The van der Waals surface area contributed by atoms with Crippen molar-refractivity contribution in [3.63, 3.8) is 0 Å². The molecule has 1 aromatic carbocycles. The van der Waals surface area contributed by atoms with E-state index in [2.05, 4.69) is 42.5 Å². The molecule has 0 unspecified atom stereocenters. The molecule has 5 heterocycles. The first-order valence-electron chi connectivity index (χ1n) is 12.3. The van der Waals surface area contributed by atoms with Crippen molar-refractivity contribution in [3.8, 4) is 17.1 Å². The second kappa shape index (κ2) is 9.23. The lowest BCUT2D eigenvalue weighted by molar-refractivity contribution is 0.107. The Hall–Kier alpha value is -3.98. The number of fused-ring (bicyclic) bond motifs is 2. The summed E-state index contributed by atoms with van der Waals surface area (Å²) in [5.74, 6) is 0.661. The summed E-state index contributed by atoms with van der Waals surface area (Å²) < 4.78 is 5.44. The van der Waals surface area contributed by atoms with Crippen LogP contribution in [-0.2, 0) is 13.1 Å². The normalized spacial score (nSPS) is 18.2. The van der Waals surface area contributed by atoms with Crippen LogP contribution < -0.4 is 10.1 Å². The van der Waals surface area contributed by atoms with Crippen LogP contribution in [0.3, 0.4) is 0 Å². The number of pyridine rings is 2. The van der Waals surface area contributed by atoms with E-state index < -0.39 is 0 Å². The SMILES string of the molecule is COc1ncccc1CN1CCC[C@@H](N2Cc3cc4c(-c5ccnc(C)c5)n[nH]c4cc3NC2=O)C1. The number of likely N-dealkylation sites (tertiary alicyclic amines) is 1. The smallest absolute Gasteiger partial charge is 0.322 e. The van der Waals surface area contributed by atoms with Crippen LogP contribution >= 0.6 is 0 Å². The highest BCUT2D eigenvalue weighted by molar-refractivity contribution is 6.00. The van der Waals surface area contributed by atoms with Crippen molar-refractivity contribution in [1.82, 2.24) is 30.0 Å². The number of aromatic amines is 1. The van der Waals surface area contributed by atoms with Gasteiger partial charge in [-0.15, -0.1) is 0 Å². The van der Waals surface area contributed by atoms with Crippen molar-refractivity contribution in [1.29, 1.82) is 0 Å². The summed E-state index contributed by atoms with van der Waals surface area (Å²) in [6, 6.07) is 12.2. The summed E-state index contributed by atoms with van der Waals surface area (Å²) in [6.45, 7) is 5.11. The Bertz CT molecular complexity index is 1430. The van der Waals surface area contributed by atoms with E-state index in [0.717, 1.165) is 77.1 Å². The van der Waals surface area contributed by atoms with Gasteiger partial charge in [0.05, 0.1) is 12.6 Å². The molecule has 3 aromatic heterocycles. The number of anilines is 1. The number of methoxy groups -OCH3 is 1. The Morgan fingerprint density at radius 1 is 1.17 bits per heavy atom. The minimum Gasteiger partial charge on any atom is -0.481 e. The van der Waals surface area contributed by atoms with E-state index in [9.17, 15) is 4.79 Å². The van der Waals surface area contributed by atoms with Crippen LogP contribution in [0.1, 0.15) is 29.7 Å². The minimum absolute atomic E-state index is 0.0443. The van der Waals surface area contributed by atoms with Crippen LogP contribution in [0.15, 0.2) is 48.8 Å². The maximum absolute atomic E-state index is 13.2. The number of piperidine rings is 1. The molecule has 36 heavy (non-hydrogen) atoms. The van der Waals surface area contributed by atoms with Crippen molar-refractivity contribution >= 4 is 22.6 Å². The number of urea groups is 1. The van der Waals surface area contributed by atoms with Gasteiger partial charge in [0, 0.05) is 66.0 Å². The highest BCUT2D eigenvalue weighted by Crippen LogP contribution is 2.34. The van der Waals surface area contributed by atoms with E-state index in [-0.39, 0.29) is 12.1 Å². The molecule has 2 amide bonds. The third kappa shape index (κ3) is 4.15. The van der Waals surface area contributed by atoms with Crippen LogP contribution in [0.5, 0.6) is 5.88 Å². The third-order valence-electron chi connectivity index (χ3n) is 7.16. The van der Waals surface area contributed by atoms with Crippen LogP contribution in [0.25, 0.3) is 22.2 Å². The number of carbonyl (C=O) groups excluding carboxylic acids is 1. The van der Waals surface area contributed by atoms with Crippen LogP contribution in [0.2, 0.25) is 0 Å². The minimum atomic E-state index is -0.0443. The third-order valence-corrected chi connectivity index (χ3v) is 7.16. The summed E-state index contributed by atoms with van der Waals surface area (Å²) in [7, 11) is 1.65. The fraction of sp³-hybridized carbons (Fsp3) is 0.333. The molecular weight excluding hydrogens is 454 g/mol. The predicted molar refractivity (Wildman–Crippen MR) is 138 cm³/mol. The number of ether oxygens (including phenoxy) is 1. The Balaban J connectivity index is 1.25. The summed E-state index contributed by atoms with van der Waals surface area (Å²) in [5, 5.41) is 11.9. The van der Waals surface area contributed by atoms with Gasteiger partial charge in [0.25, 0.3) is 0 Å². The number of carbonyl (C=O) groups is 1. The van der Waals surface area contributed by atoms with E-state index >= 15 is 0 Å². The van der Waals surface area contributed by atoms with Crippen molar-refractivity contribution < 1.29 is 9.53 Å². The number of benzene rings is 1. The second-order valence-corrected chi connectivity index (χ2v) is 9.57. The average Bonchev–Trinajstić information content (AvgIpc) is 3.30. The number of amides is 2. The molecule has 9 nitrogen and oxygen atoms in total. The fourth-order valence-corrected chi connectivity index (χ4v) is 5.40. The standard InChI is InChI=1S/C27H29N7O2/c1-17-11-18(7-9-28-17)25-22-12-20-15-34(27(35)30-23(20)13-24(22)31-32-25)21-6-4-10-33(16-21)14-19-5-3-8-29-26(19)36-2/h3,5,7-9,11-13,21H,4,6,10,14-16H2,1-2H3,(H,30,35)(H,31,32)/t21-/m1/s1. The van der Waals surface area contributed by atoms with Crippen molar-refractivity contribution in [2.24, 2.45) is 0 Å². The van der Waals surface area contributed by atoms with E-state index in [1.165, 1.54) is 0 Å². The number of hydrogen-bond donors (Lipinski definition) is 2. The number of H-pyrrole nitrogens is 1. The number of nitrogens with one attached hydrogen (secondary N) is 2. The predicted octanol–water partition coefficient (Wildman–Crippen LogP) is 4.35. The second-order valence-electron chi connectivity index (χ2n) is 9.57. The van der Waals surface area contributed by atoms with Gasteiger partial charge in [-0.25, -0.2) is 9.78 Å². The summed E-state index contributed by atoms with van der Waals surface area (Å²) in [4.78, 5) is 26.2. The summed E-state index contributed by atoms with van der Waals surface area (Å²) in [5.41, 5.74) is 6.79. The first-order chi connectivity index (χ1) is 17.6. The van der Waals surface area contributed by atoms with Gasteiger partial charge in [-0.3, -0.25) is 15.0 Å². The molecule has 2 aliphatic rings. The van der Waals surface area contributed by atoms with Crippen molar-refractivity contribution in [2.45, 2.75) is 38.9 Å². The first-order valence-corrected chi connectivity index (χ1v) is 12.3. The molecule has 0 aliphatic carbocycles. The van der Waals surface area contributed by atoms with Gasteiger partial charge >= 0.3 is 6.03 Å². The number of aryl methyl sites for hydroxylation is 1. The lowest BCUT2D eigenvalue weighted by Gasteiger charge is -2.41. The maximum atomic E-state index is 13.2. The Labute approximate surface area is 209 Å². The Morgan fingerprint density at radius 2 is 2.08 bits per heavy atom. The van der Waals surface area contributed by atoms with Crippen LogP contribution in [0.4, 0.5) is 10.5 Å². The molecule has 4 aromatic rings. The molecule has 0 saturated carbocycles. The van der Waals surface area contributed by atoms with E-state index in [4.69, 9.17) is 4.74 Å². The van der Waals surface area contributed by atoms with E-state index in [0.29, 0.717) is 12.4 Å². The molecule has 0 radical (unpaired) electrons. The molecular formula is C27H29N7O2. The van der Waals surface area contributed by atoms with Crippen LogP contribution in [-0.4, -0.2) is 62.2 Å². The van der Waals surface area contributed by atoms with Gasteiger partial charge in [-0.05, 0) is 62.2 Å².